The molecule has 0 saturated heterocycles. The van der Waals surface area contributed by atoms with Crippen LogP contribution in [0.2, 0.25) is 0 Å². The molecule has 1 aromatic rings. The third-order valence-corrected chi connectivity index (χ3v) is 3.42. The molecule has 0 heterocycles. The quantitative estimate of drug-likeness (QED) is 0.395. The van der Waals surface area contributed by atoms with E-state index >= 15 is 0 Å². The van der Waals surface area contributed by atoms with Gasteiger partial charge in [-0.1, -0.05) is 38.6 Å². The van der Waals surface area contributed by atoms with Gasteiger partial charge >= 0.3 is 0 Å². The number of methoxy groups -OCH3 is 1. The molecule has 0 aliphatic rings. The van der Waals surface area contributed by atoms with Crippen LogP contribution in [0.1, 0.15) is 25.0 Å². The van der Waals surface area contributed by atoms with Gasteiger partial charge in [-0.15, -0.1) is 0 Å². The Morgan fingerprint density at radius 1 is 1.26 bits per heavy atom. The number of hydrogen-bond donors (Lipinski definition) is 2. The van der Waals surface area contributed by atoms with Gasteiger partial charge in [-0.05, 0) is 24.5 Å². The first-order valence-corrected chi connectivity index (χ1v) is 7.65. The van der Waals surface area contributed by atoms with Crippen LogP contribution >= 0.6 is 0 Å². The Labute approximate surface area is 141 Å². The standard InChI is InChI=1S/C18H27BN2O2/c1-13(21-10-9-20-5)12-23-17-8-7-15(18(3,4)19)11-16(17)14(2)22-6/h7-8,11,20-21H,1-2,9-10,12H2,3-6H3. The highest BCUT2D eigenvalue weighted by Crippen LogP contribution is 2.31. The summed E-state index contributed by atoms with van der Waals surface area (Å²) in [6, 6.07) is 5.81. The van der Waals surface area contributed by atoms with E-state index < -0.39 is 5.31 Å². The molecule has 0 fully saturated rings. The van der Waals surface area contributed by atoms with Crippen molar-refractivity contribution in [1.29, 1.82) is 0 Å². The van der Waals surface area contributed by atoms with Crippen molar-refractivity contribution >= 4 is 13.6 Å². The smallest absolute Gasteiger partial charge is 0.130 e. The van der Waals surface area contributed by atoms with E-state index in [0.717, 1.165) is 29.9 Å². The molecule has 0 aliphatic heterocycles. The predicted octanol–water partition coefficient (Wildman–Crippen LogP) is 2.41. The van der Waals surface area contributed by atoms with Gasteiger partial charge in [-0.25, -0.2) is 0 Å². The Bertz CT molecular complexity index is 550. The Morgan fingerprint density at radius 2 is 1.96 bits per heavy atom. The molecule has 0 unspecified atom stereocenters. The van der Waals surface area contributed by atoms with Crippen molar-refractivity contribution in [2.75, 3.05) is 33.9 Å². The van der Waals surface area contributed by atoms with Gasteiger partial charge in [0, 0.05) is 18.8 Å². The van der Waals surface area contributed by atoms with E-state index in [9.17, 15) is 0 Å². The van der Waals surface area contributed by atoms with E-state index in [0.29, 0.717) is 18.1 Å². The molecule has 0 bridgehead atoms. The maximum atomic E-state index is 6.17. The van der Waals surface area contributed by atoms with E-state index in [4.69, 9.17) is 17.3 Å². The molecular weight excluding hydrogens is 287 g/mol. The molecule has 23 heavy (non-hydrogen) atoms. The van der Waals surface area contributed by atoms with E-state index in [1.165, 1.54) is 0 Å². The SMILES string of the molecule is [B]C(C)(C)c1ccc(OCC(=C)NCCNC)c(C(=C)OC)c1. The minimum absolute atomic E-state index is 0.374. The number of rotatable bonds is 10. The first kappa shape index (κ1) is 19.2. The zero-order valence-corrected chi connectivity index (χ0v) is 14.7. The molecular formula is C18H27BN2O2. The highest BCUT2D eigenvalue weighted by Gasteiger charge is 2.17. The summed E-state index contributed by atoms with van der Waals surface area (Å²) in [7, 11) is 9.66. The normalized spacial score (nSPS) is 11.0. The second kappa shape index (κ2) is 8.68. The minimum atomic E-state index is -0.445. The van der Waals surface area contributed by atoms with Crippen LogP contribution in [-0.2, 0) is 10.1 Å². The molecule has 124 valence electrons. The zero-order chi connectivity index (χ0) is 17.5. The number of benzene rings is 1. The number of likely N-dealkylation sites (N-methyl/N-ethyl adjacent to an activating group) is 1. The van der Waals surface area contributed by atoms with Crippen molar-refractivity contribution in [3.05, 3.63) is 48.2 Å². The lowest BCUT2D eigenvalue weighted by Crippen LogP contribution is -2.26. The van der Waals surface area contributed by atoms with Crippen LogP contribution < -0.4 is 15.4 Å². The maximum absolute atomic E-state index is 6.17. The summed E-state index contributed by atoms with van der Waals surface area (Å²) in [6.07, 6.45) is 0. The van der Waals surface area contributed by atoms with E-state index in [2.05, 4.69) is 23.8 Å². The largest absolute Gasteiger partial charge is 0.497 e. The van der Waals surface area contributed by atoms with Gasteiger partial charge in [0.05, 0.1) is 20.5 Å². The highest BCUT2D eigenvalue weighted by molar-refractivity contribution is 6.15. The molecule has 1 rings (SSSR count). The third-order valence-electron chi connectivity index (χ3n) is 3.42. The van der Waals surface area contributed by atoms with Crippen molar-refractivity contribution in [2.45, 2.75) is 19.2 Å². The van der Waals surface area contributed by atoms with Crippen molar-refractivity contribution in [3.63, 3.8) is 0 Å². The van der Waals surface area contributed by atoms with Crippen LogP contribution in [0.25, 0.3) is 5.76 Å². The summed E-state index contributed by atoms with van der Waals surface area (Å²) >= 11 is 0. The number of hydrogen-bond acceptors (Lipinski definition) is 4. The average molecular weight is 314 g/mol. The van der Waals surface area contributed by atoms with E-state index in [1.54, 1.807) is 7.11 Å². The van der Waals surface area contributed by atoms with E-state index in [1.807, 2.05) is 39.1 Å². The van der Waals surface area contributed by atoms with Gasteiger partial charge in [0.2, 0.25) is 0 Å². The summed E-state index contributed by atoms with van der Waals surface area (Å²) < 4.78 is 11.1. The highest BCUT2D eigenvalue weighted by atomic mass is 16.5. The van der Waals surface area contributed by atoms with Gasteiger partial charge in [0.25, 0.3) is 0 Å². The Hall–Kier alpha value is -1.88. The topological polar surface area (TPSA) is 42.5 Å². The molecule has 0 aliphatic carbocycles. The second-order valence-corrected chi connectivity index (χ2v) is 5.98. The number of nitrogens with one attached hydrogen (secondary N) is 2. The van der Waals surface area contributed by atoms with Crippen molar-refractivity contribution in [1.82, 2.24) is 10.6 Å². The molecule has 0 spiro atoms. The summed E-state index contributed by atoms with van der Waals surface area (Å²) in [5.74, 6) is 1.24. The molecule has 2 N–H and O–H groups in total. The lowest BCUT2D eigenvalue weighted by molar-refractivity contribution is 0.332. The Kier molecular flexibility index (Phi) is 7.23. The average Bonchev–Trinajstić information content (AvgIpc) is 2.51. The van der Waals surface area contributed by atoms with Crippen molar-refractivity contribution < 1.29 is 9.47 Å². The lowest BCUT2D eigenvalue weighted by Gasteiger charge is -2.22. The van der Waals surface area contributed by atoms with Gasteiger partial charge < -0.3 is 20.1 Å². The van der Waals surface area contributed by atoms with Gasteiger partial charge in [0.1, 0.15) is 18.1 Å². The van der Waals surface area contributed by atoms with Crippen LogP contribution in [0, 0.1) is 0 Å². The molecule has 0 atom stereocenters. The van der Waals surface area contributed by atoms with Crippen LogP contribution in [0.3, 0.4) is 0 Å². The summed E-state index contributed by atoms with van der Waals surface area (Å²) in [4.78, 5) is 0. The van der Waals surface area contributed by atoms with Gasteiger partial charge in [-0.2, -0.15) is 0 Å². The summed E-state index contributed by atoms with van der Waals surface area (Å²) in [5, 5.41) is 5.82. The van der Waals surface area contributed by atoms with Crippen molar-refractivity contribution in [3.8, 4) is 5.75 Å². The molecule has 0 amide bonds. The van der Waals surface area contributed by atoms with Gasteiger partial charge in [0.15, 0.2) is 0 Å². The van der Waals surface area contributed by atoms with Crippen LogP contribution in [0.5, 0.6) is 5.75 Å². The molecule has 2 radical (unpaired) electrons. The Morgan fingerprint density at radius 3 is 2.52 bits per heavy atom. The molecule has 5 heteroatoms. The van der Waals surface area contributed by atoms with Crippen LogP contribution in [0.4, 0.5) is 0 Å². The second-order valence-electron chi connectivity index (χ2n) is 5.98. The maximum Gasteiger partial charge on any atom is 0.130 e. The van der Waals surface area contributed by atoms with Gasteiger partial charge in [-0.3, -0.25) is 0 Å². The van der Waals surface area contributed by atoms with Crippen LogP contribution in [-0.4, -0.2) is 41.7 Å². The molecule has 1 aromatic carbocycles. The third kappa shape index (κ3) is 6.03. The zero-order valence-electron chi connectivity index (χ0n) is 14.7. The molecule has 4 nitrogen and oxygen atoms in total. The monoisotopic (exact) mass is 314 g/mol. The molecule has 0 aromatic heterocycles. The predicted molar refractivity (Wildman–Crippen MR) is 97.8 cm³/mol. The Balaban J connectivity index is 2.85. The fourth-order valence-electron chi connectivity index (χ4n) is 1.96. The fraction of sp³-hybridized carbons (Fsp3) is 0.444. The van der Waals surface area contributed by atoms with Crippen molar-refractivity contribution in [2.24, 2.45) is 0 Å². The lowest BCUT2D eigenvalue weighted by atomic mass is 9.67. The molecule has 0 saturated carbocycles. The minimum Gasteiger partial charge on any atom is -0.497 e. The van der Waals surface area contributed by atoms with Crippen LogP contribution in [0.15, 0.2) is 37.1 Å². The first-order chi connectivity index (χ1) is 10.8. The number of ether oxygens (including phenoxy) is 2. The van der Waals surface area contributed by atoms with E-state index in [-0.39, 0.29) is 0 Å². The first-order valence-electron chi connectivity index (χ1n) is 7.65. The summed E-state index contributed by atoms with van der Waals surface area (Å²) in [6.45, 7) is 13.8. The summed E-state index contributed by atoms with van der Waals surface area (Å²) in [5.41, 5.74) is 2.60. The fourth-order valence-corrected chi connectivity index (χ4v) is 1.96.